The maximum absolute atomic E-state index is 12.3. The molecule has 5 heteroatoms. The van der Waals surface area contributed by atoms with Gasteiger partial charge < -0.3 is 10.0 Å². The lowest BCUT2D eigenvalue weighted by Crippen LogP contribution is -2.52. The van der Waals surface area contributed by atoms with E-state index in [0.29, 0.717) is 30.7 Å². The van der Waals surface area contributed by atoms with Crippen LogP contribution in [0.4, 0.5) is 0 Å². The molecule has 2 unspecified atom stereocenters. The van der Waals surface area contributed by atoms with Gasteiger partial charge in [0.15, 0.2) is 5.54 Å². The van der Waals surface area contributed by atoms with Gasteiger partial charge in [0.25, 0.3) is 0 Å². The summed E-state index contributed by atoms with van der Waals surface area (Å²) in [6.07, 6.45) is 0.725. The van der Waals surface area contributed by atoms with Crippen LogP contribution in [0.15, 0.2) is 30.3 Å². The van der Waals surface area contributed by atoms with Crippen molar-refractivity contribution < 1.29 is 14.7 Å². The molecule has 1 aliphatic heterocycles. The highest BCUT2D eigenvalue weighted by atomic mass is 32.1. The zero-order valence-electron chi connectivity index (χ0n) is 11.5. The molecule has 1 aromatic carbocycles. The number of carboxylic acids is 1. The molecule has 1 heterocycles. The van der Waals surface area contributed by atoms with Crippen LogP contribution in [0.3, 0.4) is 0 Å². The van der Waals surface area contributed by atoms with E-state index in [4.69, 9.17) is 0 Å². The standard InChI is InChI=1S/C15H19NO3S/c1-2-15(14(18)19,12-6-4-3-5-7-12)16-9-11(10-20)8-13(16)17/h3-7,11,20H,2,8-10H2,1H3,(H,18,19). The van der Waals surface area contributed by atoms with Gasteiger partial charge in [-0.2, -0.15) is 12.6 Å². The lowest BCUT2D eigenvalue weighted by molar-refractivity contribution is -0.158. The largest absolute Gasteiger partial charge is 0.479 e. The van der Waals surface area contributed by atoms with Gasteiger partial charge in [-0.15, -0.1) is 0 Å². The summed E-state index contributed by atoms with van der Waals surface area (Å²) in [5.74, 6) is -0.354. The van der Waals surface area contributed by atoms with Gasteiger partial charge in [-0.3, -0.25) is 4.79 Å². The summed E-state index contributed by atoms with van der Waals surface area (Å²) in [6.45, 7) is 2.26. The Morgan fingerprint density at radius 3 is 2.55 bits per heavy atom. The van der Waals surface area contributed by atoms with Crippen LogP contribution in [-0.4, -0.2) is 34.2 Å². The van der Waals surface area contributed by atoms with Crippen molar-refractivity contribution in [2.24, 2.45) is 5.92 Å². The molecule has 1 saturated heterocycles. The summed E-state index contributed by atoms with van der Waals surface area (Å²) in [4.78, 5) is 25.7. The Bertz CT molecular complexity index is 505. The molecular weight excluding hydrogens is 274 g/mol. The van der Waals surface area contributed by atoms with Gasteiger partial charge in [-0.05, 0) is 23.7 Å². The molecule has 1 N–H and O–H groups in total. The highest BCUT2D eigenvalue weighted by molar-refractivity contribution is 7.80. The van der Waals surface area contributed by atoms with Crippen LogP contribution in [0, 0.1) is 5.92 Å². The van der Waals surface area contributed by atoms with E-state index in [-0.39, 0.29) is 11.8 Å². The number of carbonyl (C=O) groups excluding carboxylic acids is 1. The molecule has 0 radical (unpaired) electrons. The van der Waals surface area contributed by atoms with Crippen molar-refractivity contribution in [3.8, 4) is 0 Å². The number of amides is 1. The number of carboxylic acid groups (broad SMARTS) is 1. The first-order chi connectivity index (χ1) is 9.56. The molecule has 1 amide bonds. The molecule has 0 bridgehead atoms. The summed E-state index contributed by atoms with van der Waals surface area (Å²) in [7, 11) is 0. The summed E-state index contributed by atoms with van der Waals surface area (Å²) >= 11 is 4.23. The van der Waals surface area contributed by atoms with Crippen LogP contribution in [0.2, 0.25) is 0 Å². The molecule has 0 saturated carbocycles. The second-order valence-corrected chi connectivity index (χ2v) is 5.51. The predicted octanol–water partition coefficient (Wildman–Crippen LogP) is 2.15. The predicted molar refractivity (Wildman–Crippen MR) is 79.7 cm³/mol. The van der Waals surface area contributed by atoms with Crippen LogP contribution in [-0.2, 0) is 15.1 Å². The molecule has 108 valence electrons. The summed E-state index contributed by atoms with van der Waals surface area (Å²) in [6, 6.07) is 9.00. The molecule has 1 fully saturated rings. The van der Waals surface area contributed by atoms with Crippen molar-refractivity contribution in [3.63, 3.8) is 0 Å². The van der Waals surface area contributed by atoms with Gasteiger partial charge in [0.1, 0.15) is 0 Å². The topological polar surface area (TPSA) is 57.6 Å². The van der Waals surface area contributed by atoms with E-state index >= 15 is 0 Å². The maximum Gasteiger partial charge on any atom is 0.334 e. The molecule has 1 aromatic rings. The number of hydrogen-bond donors (Lipinski definition) is 2. The highest BCUT2D eigenvalue weighted by Crippen LogP contribution is 2.37. The molecule has 0 spiro atoms. The number of hydrogen-bond acceptors (Lipinski definition) is 3. The highest BCUT2D eigenvalue weighted by Gasteiger charge is 2.49. The van der Waals surface area contributed by atoms with Crippen molar-refractivity contribution in [2.75, 3.05) is 12.3 Å². The lowest BCUT2D eigenvalue weighted by atomic mass is 9.85. The van der Waals surface area contributed by atoms with E-state index < -0.39 is 11.5 Å². The Kier molecular flexibility index (Phi) is 4.38. The fourth-order valence-corrected chi connectivity index (χ4v) is 3.17. The SMILES string of the molecule is CCC(C(=O)O)(c1ccccc1)N1CC(CS)CC1=O. The van der Waals surface area contributed by atoms with Crippen molar-refractivity contribution >= 4 is 24.5 Å². The van der Waals surface area contributed by atoms with E-state index in [1.54, 1.807) is 24.3 Å². The van der Waals surface area contributed by atoms with Crippen LogP contribution >= 0.6 is 12.6 Å². The van der Waals surface area contributed by atoms with Crippen LogP contribution in [0.25, 0.3) is 0 Å². The number of aliphatic carboxylic acids is 1. The first kappa shape index (κ1) is 14.9. The third kappa shape index (κ3) is 2.30. The fourth-order valence-electron chi connectivity index (χ4n) is 2.93. The zero-order chi connectivity index (χ0) is 14.8. The van der Waals surface area contributed by atoms with Crippen LogP contribution in [0.1, 0.15) is 25.3 Å². The van der Waals surface area contributed by atoms with Crippen LogP contribution in [0.5, 0.6) is 0 Å². The average Bonchev–Trinajstić information content (AvgIpc) is 2.83. The average molecular weight is 293 g/mol. The molecule has 4 nitrogen and oxygen atoms in total. The third-order valence-corrected chi connectivity index (χ3v) is 4.56. The van der Waals surface area contributed by atoms with Gasteiger partial charge in [-0.1, -0.05) is 37.3 Å². The Balaban J connectivity index is 2.48. The number of benzene rings is 1. The van der Waals surface area contributed by atoms with Gasteiger partial charge in [0.2, 0.25) is 5.91 Å². The third-order valence-electron chi connectivity index (χ3n) is 4.04. The molecule has 1 aliphatic rings. The maximum atomic E-state index is 12.3. The Labute approximate surface area is 124 Å². The van der Waals surface area contributed by atoms with Crippen molar-refractivity contribution in [1.29, 1.82) is 0 Å². The number of likely N-dealkylation sites (tertiary alicyclic amines) is 1. The first-order valence-electron chi connectivity index (χ1n) is 6.76. The fraction of sp³-hybridized carbons (Fsp3) is 0.467. The van der Waals surface area contributed by atoms with Gasteiger partial charge in [0.05, 0.1) is 0 Å². The van der Waals surface area contributed by atoms with Gasteiger partial charge in [-0.25, -0.2) is 4.79 Å². The number of nitrogens with zero attached hydrogens (tertiary/aromatic N) is 1. The van der Waals surface area contributed by atoms with E-state index in [2.05, 4.69) is 12.6 Å². The normalized spacial score (nSPS) is 21.8. The molecule has 20 heavy (non-hydrogen) atoms. The van der Waals surface area contributed by atoms with Gasteiger partial charge >= 0.3 is 5.97 Å². The summed E-state index contributed by atoms with van der Waals surface area (Å²) in [5, 5.41) is 9.80. The second-order valence-electron chi connectivity index (χ2n) is 5.14. The lowest BCUT2D eigenvalue weighted by Gasteiger charge is -2.38. The second kappa shape index (κ2) is 5.87. The number of carbonyl (C=O) groups is 2. The van der Waals surface area contributed by atoms with E-state index in [1.807, 2.05) is 13.0 Å². The smallest absolute Gasteiger partial charge is 0.334 e. The molecule has 2 atom stereocenters. The Morgan fingerprint density at radius 2 is 2.10 bits per heavy atom. The summed E-state index contributed by atoms with van der Waals surface area (Å²) < 4.78 is 0. The Hall–Kier alpha value is -1.49. The van der Waals surface area contributed by atoms with Crippen molar-refractivity contribution in [3.05, 3.63) is 35.9 Å². The van der Waals surface area contributed by atoms with Crippen molar-refractivity contribution in [1.82, 2.24) is 4.90 Å². The monoisotopic (exact) mass is 293 g/mol. The summed E-state index contributed by atoms with van der Waals surface area (Å²) in [5.41, 5.74) is -0.612. The van der Waals surface area contributed by atoms with Gasteiger partial charge in [0, 0.05) is 13.0 Å². The molecule has 0 aromatic heterocycles. The first-order valence-corrected chi connectivity index (χ1v) is 7.39. The minimum absolute atomic E-state index is 0.0999. The Morgan fingerprint density at radius 1 is 1.45 bits per heavy atom. The minimum Gasteiger partial charge on any atom is -0.479 e. The minimum atomic E-state index is -1.27. The van der Waals surface area contributed by atoms with E-state index in [9.17, 15) is 14.7 Å². The van der Waals surface area contributed by atoms with Crippen molar-refractivity contribution in [2.45, 2.75) is 25.3 Å². The van der Waals surface area contributed by atoms with E-state index in [1.165, 1.54) is 4.90 Å². The zero-order valence-corrected chi connectivity index (χ0v) is 12.3. The molecule has 0 aliphatic carbocycles. The molecular formula is C15H19NO3S. The molecule has 2 rings (SSSR count). The van der Waals surface area contributed by atoms with E-state index in [0.717, 1.165) is 0 Å². The van der Waals surface area contributed by atoms with Crippen LogP contribution < -0.4 is 0 Å². The number of rotatable bonds is 5. The number of thiol groups is 1. The quantitative estimate of drug-likeness (QED) is 0.818.